The van der Waals surface area contributed by atoms with E-state index in [0.29, 0.717) is 5.92 Å². The Labute approximate surface area is 98.7 Å². The third-order valence-corrected chi connectivity index (χ3v) is 4.93. The number of hydrogen-bond acceptors (Lipinski definition) is 4. The van der Waals surface area contributed by atoms with Crippen molar-refractivity contribution in [3.8, 4) is 0 Å². The van der Waals surface area contributed by atoms with Gasteiger partial charge in [0.05, 0.1) is 5.75 Å². The van der Waals surface area contributed by atoms with E-state index in [2.05, 4.69) is 5.32 Å². The zero-order valence-electron chi connectivity index (χ0n) is 10.2. The zero-order chi connectivity index (χ0) is 12.0. The van der Waals surface area contributed by atoms with Crippen molar-refractivity contribution in [1.29, 1.82) is 0 Å². The van der Waals surface area contributed by atoms with E-state index in [-0.39, 0.29) is 17.5 Å². The second kappa shape index (κ2) is 6.57. The maximum absolute atomic E-state index is 11.4. The van der Waals surface area contributed by atoms with Crippen molar-refractivity contribution in [3.63, 3.8) is 0 Å². The molecule has 0 bridgehead atoms. The van der Waals surface area contributed by atoms with Crippen LogP contribution in [-0.2, 0) is 14.6 Å². The number of rotatable bonds is 6. The highest BCUT2D eigenvalue weighted by Gasteiger charge is 2.17. The van der Waals surface area contributed by atoms with Crippen molar-refractivity contribution in [2.45, 2.75) is 32.7 Å². The molecule has 1 N–H and O–H groups in total. The molecule has 1 fully saturated rings. The average Bonchev–Trinajstić information content (AvgIpc) is 2.27. The largest absolute Gasteiger partial charge is 0.381 e. The second-order valence-electron chi connectivity index (χ2n) is 4.56. The van der Waals surface area contributed by atoms with Crippen molar-refractivity contribution in [3.05, 3.63) is 0 Å². The highest BCUT2D eigenvalue weighted by Crippen LogP contribution is 2.13. The quantitative estimate of drug-likeness (QED) is 0.757. The normalized spacial score (nSPS) is 20.9. The molecule has 0 aromatic heterocycles. The summed E-state index contributed by atoms with van der Waals surface area (Å²) in [5.41, 5.74) is 0. The van der Waals surface area contributed by atoms with Gasteiger partial charge in [-0.2, -0.15) is 0 Å². The van der Waals surface area contributed by atoms with Crippen molar-refractivity contribution >= 4 is 9.84 Å². The Bertz CT molecular complexity index is 284. The molecule has 1 rings (SSSR count). The Balaban J connectivity index is 2.21. The summed E-state index contributed by atoms with van der Waals surface area (Å²) in [7, 11) is -2.86. The summed E-state index contributed by atoms with van der Waals surface area (Å²) in [5, 5.41) is 3.31. The molecule has 0 aromatic carbocycles. The maximum atomic E-state index is 11.4. The number of hydrogen-bond donors (Lipinski definition) is 1. The van der Waals surface area contributed by atoms with Crippen molar-refractivity contribution in [2.24, 2.45) is 5.92 Å². The molecule has 1 heterocycles. The molecule has 0 aromatic rings. The van der Waals surface area contributed by atoms with Gasteiger partial charge in [0.15, 0.2) is 9.84 Å². The lowest BCUT2D eigenvalue weighted by Gasteiger charge is -2.24. The Morgan fingerprint density at radius 2 is 2.00 bits per heavy atom. The lowest BCUT2D eigenvalue weighted by Crippen LogP contribution is -2.38. The van der Waals surface area contributed by atoms with E-state index in [0.717, 1.165) is 32.6 Å². The molecule has 1 aliphatic heterocycles. The minimum absolute atomic E-state index is 0.0489. The van der Waals surface area contributed by atoms with Crippen LogP contribution >= 0.6 is 0 Å². The van der Waals surface area contributed by atoms with E-state index in [1.807, 2.05) is 6.92 Å². The van der Waals surface area contributed by atoms with E-state index in [1.54, 1.807) is 6.92 Å². The molecule has 5 heteroatoms. The molecule has 1 saturated heterocycles. The van der Waals surface area contributed by atoms with E-state index in [9.17, 15) is 8.42 Å². The average molecular weight is 249 g/mol. The fraction of sp³-hybridized carbons (Fsp3) is 1.00. The molecule has 1 unspecified atom stereocenters. The Morgan fingerprint density at radius 3 is 2.56 bits per heavy atom. The van der Waals surface area contributed by atoms with Crippen LogP contribution in [0.25, 0.3) is 0 Å². The van der Waals surface area contributed by atoms with E-state index >= 15 is 0 Å². The number of sulfone groups is 1. The van der Waals surface area contributed by atoms with Gasteiger partial charge < -0.3 is 10.1 Å². The first-order valence-corrected chi connectivity index (χ1v) is 7.87. The van der Waals surface area contributed by atoms with Crippen LogP contribution in [0.15, 0.2) is 0 Å². The fourth-order valence-electron chi connectivity index (χ4n) is 1.88. The van der Waals surface area contributed by atoms with Crippen molar-refractivity contribution in [1.82, 2.24) is 5.32 Å². The van der Waals surface area contributed by atoms with Crippen LogP contribution < -0.4 is 5.32 Å². The van der Waals surface area contributed by atoms with Crippen LogP contribution in [0, 0.1) is 5.92 Å². The van der Waals surface area contributed by atoms with E-state index in [1.165, 1.54) is 0 Å². The number of ether oxygens (including phenoxy) is 1. The number of nitrogens with one attached hydrogen (secondary N) is 1. The van der Waals surface area contributed by atoms with Crippen molar-refractivity contribution in [2.75, 3.05) is 31.3 Å². The predicted octanol–water partition coefficient (Wildman–Crippen LogP) is 0.826. The summed E-state index contributed by atoms with van der Waals surface area (Å²) in [5.74, 6) is 1.11. The summed E-state index contributed by atoms with van der Waals surface area (Å²) in [4.78, 5) is 0. The van der Waals surface area contributed by atoms with Crippen LogP contribution in [0.2, 0.25) is 0 Å². The molecule has 0 radical (unpaired) electrons. The van der Waals surface area contributed by atoms with Gasteiger partial charge in [-0.3, -0.25) is 0 Å². The molecule has 0 saturated carbocycles. The van der Waals surface area contributed by atoms with Gasteiger partial charge in [-0.25, -0.2) is 8.42 Å². The fourth-order valence-corrected chi connectivity index (χ4v) is 2.99. The molecule has 0 aliphatic carbocycles. The van der Waals surface area contributed by atoms with E-state index in [4.69, 9.17) is 4.74 Å². The van der Waals surface area contributed by atoms with Gasteiger partial charge in [0.2, 0.25) is 0 Å². The SMILES string of the molecule is CCS(=O)(=O)CC(C)NCC1CCOCC1. The third kappa shape index (κ3) is 5.27. The topological polar surface area (TPSA) is 55.4 Å². The zero-order valence-corrected chi connectivity index (χ0v) is 11.1. The van der Waals surface area contributed by atoms with Gasteiger partial charge in [-0.05, 0) is 32.2 Å². The highest BCUT2D eigenvalue weighted by molar-refractivity contribution is 7.91. The van der Waals surface area contributed by atoms with Gasteiger partial charge in [0, 0.05) is 25.0 Å². The Hall–Kier alpha value is -0.130. The van der Waals surface area contributed by atoms with Crippen LogP contribution in [-0.4, -0.2) is 45.7 Å². The van der Waals surface area contributed by atoms with Gasteiger partial charge in [-0.15, -0.1) is 0 Å². The molecule has 4 nitrogen and oxygen atoms in total. The summed E-state index contributed by atoms with van der Waals surface area (Å²) in [6.07, 6.45) is 2.17. The molecule has 16 heavy (non-hydrogen) atoms. The Kier molecular flexibility index (Phi) is 5.72. The summed E-state index contributed by atoms with van der Waals surface area (Å²) in [6.45, 7) is 6.22. The minimum atomic E-state index is -2.86. The first kappa shape index (κ1) is 13.9. The molecule has 0 amide bonds. The van der Waals surface area contributed by atoms with E-state index < -0.39 is 9.84 Å². The first-order chi connectivity index (χ1) is 7.53. The molecule has 0 spiro atoms. The highest BCUT2D eigenvalue weighted by atomic mass is 32.2. The first-order valence-electron chi connectivity index (χ1n) is 6.05. The monoisotopic (exact) mass is 249 g/mol. The second-order valence-corrected chi connectivity index (χ2v) is 6.96. The predicted molar refractivity (Wildman–Crippen MR) is 65.3 cm³/mol. The third-order valence-electron chi connectivity index (χ3n) is 3.04. The molecule has 1 atom stereocenters. The Morgan fingerprint density at radius 1 is 1.38 bits per heavy atom. The lowest BCUT2D eigenvalue weighted by molar-refractivity contribution is 0.0658. The van der Waals surface area contributed by atoms with Crippen LogP contribution in [0.3, 0.4) is 0 Å². The van der Waals surface area contributed by atoms with Gasteiger partial charge in [0.1, 0.15) is 0 Å². The standard InChI is InChI=1S/C11H23NO3S/c1-3-16(13,14)9-10(2)12-8-11-4-6-15-7-5-11/h10-12H,3-9H2,1-2H3. The van der Waals surface area contributed by atoms with Crippen LogP contribution in [0.5, 0.6) is 0 Å². The summed E-state index contributed by atoms with van der Waals surface area (Å²) < 4.78 is 28.1. The van der Waals surface area contributed by atoms with Crippen LogP contribution in [0.1, 0.15) is 26.7 Å². The minimum Gasteiger partial charge on any atom is -0.381 e. The molecule has 1 aliphatic rings. The summed E-state index contributed by atoms with van der Waals surface area (Å²) >= 11 is 0. The maximum Gasteiger partial charge on any atom is 0.151 e. The van der Waals surface area contributed by atoms with Crippen LogP contribution in [0.4, 0.5) is 0 Å². The van der Waals surface area contributed by atoms with Gasteiger partial charge in [0.25, 0.3) is 0 Å². The smallest absolute Gasteiger partial charge is 0.151 e. The molecule has 96 valence electrons. The van der Waals surface area contributed by atoms with Gasteiger partial charge >= 0.3 is 0 Å². The molecular weight excluding hydrogens is 226 g/mol. The van der Waals surface area contributed by atoms with Gasteiger partial charge in [-0.1, -0.05) is 6.92 Å². The lowest BCUT2D eigenvalue weighted by atomic mass is 10.0. The van der Waals surface area contributed by atoms with Crippen molar-refractivity contribution < 1.29 is 13.2 Å². The molecular formula is C11H23NO3S. The summed E-state index contributed by atoms with van der Waals surface area (Å²) in [6, 6.07) is 0.0489.